The van der Waals surface area contributed by atoms with Gasteiger partial charge in [-0.2, -0.15) is 0 Å². The summed E-state index contributed by atoms with van der Waals surface area (Å²) in [6, 6.07) is 3.86. The van der Waals surface area contributed by atoms with Crippen molar-refractivity contribution in [2.75, 3.05) is 33.2 Å². The highest BCUT2D eigenvalue weighted by molar-refractivity contribution is 7.89. The van der Waals surface area contributed by atoms with Gasteiger partial charge in [0.1, 0.15) is 5.82 Å². The van der Waals surface area contributed by atoms with Crippen LogP contribution in [0.15, 0.2) is 23.1 Å². The fraction of sp³-hybridized carbons (Fsp3) is 0.571. The van der Waals surface area contributed by atoms with Gasteiger partial charge in [-0.05, 0) is 38.3 Å². The van der Waals surface area contributed by atoms with Crippen molar-refractivity contribution in [3.05, 3.63) is 29.6 Å². The summed E-state index contributed by atoms with van der Waals surface area (Å²) < 4.78 is 40.5. The van der Waals surface area contributed by atoms with Gasteiger partial charge in [-0.25, -0.2) is 17.5 Å². The highest BCUT2D eigenvalue weighted by Gasteiger charge is 2.15. The minimum absolute atomic E-state index is 0.0935. The topological polar surface area (TPSA) is 61.4 Å². The number of nitrogens with zero attached hydrogens (tertiary/aromatic N) is 1. The Hall–Kier alpha value is -1.02. The lowest BCUT2D eigenvalue weighted by Gasteiger charge is -2.14. The van der Waals surface area contributed by atoms with Crippen molar-refractivity contribution in [3.8, 4) is 0 Å². The van der Waals surface area contributed by atoms with E-state index in [-0.39, 0.29) is 4.90 Å². The Kier molecular flexibility index (Phi) is 7.24. The summed E-state index contributed by atoms with van der Waals surface area (Å²) in [5, 5.41) is 2.99. The molecule has 0 aliphatic carbocycles. The molecule has 0 spiro atoms. The average Bonchev–Trinajstić information content (AvgIpc) is 2.45. The van der Waals surface area contributed by atoms with Gasteiger partial charge in [0, 0.05) is 25.2 Å². The molecule has 0 saturated heterocycles. The third-order valence-corrected chi connectivity index (χ3v) is 4.68. The van der Waals surface area contributed by atoms with Crippen LogP contribution in [0.2, 0.25) is 0 Å². The molecule has 5 nitrogen and oxygen atoms in total. The van der Waals surface area contributed by atoms with E-state index in [1.54, 1.807) is 0 Å². The van der Waals surface area contributed by atoms with Crippen molar-refractivity contribution in [3.63, 3.8) is 0 Å². The lowest BCUT2D eigenvalue weighted by Crippen LogP contribution is -2.33. The molecule has 0 aliphatic heterocycles. The number of hydrogen-bond donors (Lipinski definition) is 2. The zero-order valence-corrected chi connectivity index (χ0v) is 13.6. The lowest BCUT2D eigenvalue weighted by atomic mass is 10.2. The van der Waals surface area contributed by atoms with Crippen LogP contribution in [0, 0.1) is 5.82 Å². The molecular weight excluding hydrogens is 293 g/mol. The predicted octanol–water partition coefficient (Wildman–Crippen LogP) is 1.17. The SMILES string of the molecule is CCNCc1cc(S(=O)(=O)NCCN(C)CC)ccc1F. The quantitative estimate of drug-likeness (QED) is 0.718. The van der Waals surface area contributed by atoms with Gasteiger partial charge < -0.3 is 10.2 Å². The van der Waals surface area contributed by atoms with E-state index in [0.29, 0.717) is 31.7 Å². The molecule has 21 heavy (non-hydrogen) atoms. The van der Waals surface area contributed by atoms with Gasteiger partial charge in [-0.3, -0.25) is 0 Å². The number of nitrogens with one attached hydrogen (secondary N) is 2. The summed E-state index contributed by atoms with van der Waals surface area (Å²) >= 11 is 0. The molecule has 1 rings (SSSR count). The molecule has 2 N–H and O–H groups in total. The van der Waals surface area contributed by atoms with Crippen LogP contribution in [-0.2, 0) is 16.6 Å². The van der Waals surface area contributed by atoms with Crippen LogP contribution in [0.1, 0.15) is 19.4 Å². The second kappa shape index (κ2) is 8.43. The second-order valence-corrected chi connectivity index (χ2v) is 6.59. The first-order valence-corrected chi connectivity index (χ1v) is 8.56. The molecule has 0 aliphatic rings. The second-order valence-electron chi connectivity index (χ2n) is 4.83. The summed E-state index contributed by atoms with van der Waals surface area (Å²) in [6.45, 7) is 6.72. The smallest absolute Gasteiger partial charge is 0.240 e. The molecule has 0 fully saturated rings. The Bertz CT molecular complexity index is 549. The van der Waals surface area contributed by atoms with Crippen molar-refractivity contribution in [2.24, 2.45) is 0 Å². The summed E-state index contributed by atoms with van der Waals surface area (Å²) in [6.07, 6.45) is 0. The van der Waals surface area contributed by atoms with E-state index in [9.17, 15) is 12.8 Å². The van der Waals surface area contributed by atoms with Gasteiger partial charge in [0.05, 0.1) is 4.90 Å². The fourth-order valence-corrected chi connectivity index (χ4v) is 2.80. The number of hydrogen-bond acceptors (Lipinski definition) is 4. The van der Waals surface area contributed by atoms with E-state index in [1.165, 1.54) is 18.2 Å². The van der Waals surface area contributed by atoms with Gasteiger partial charge in [-0.15, -0.1) is 0 Å². The molecule has 0 unspecified atom stereocenters. The number of benzene rings is 1. The van der Waals surface area contributed by atoms with E-state index in [0.717, 1.165) is 6.54 Å². The lowest BCUT2D eigenvalue weighted by molar-refractivity contribution is 0.358. The number of halogens is 1. The van der Waals surface area contributed by atoms with Crippen molar-refractivity contribution in [1.29, 1.82) is 0 Å². The molecular formula is C14H24FN3O2S. The first kappa shape index (κ1) is 18.0. The highest BCUT2D eigenvalue weighted by Crippen LogP contribution is 2.15. The van der Waals surface area contributed by atoms with E-state index in [2.05, 4.69) is 10.0 Å². The number of likely N-dealkylation sites (N-methyl/N-ethyl adjacent to an activating group) is 1. The molecule has 0 amide bonds. The van der Waals surface area contributed by atoms with Crippen molar-refractivity contribution in [1.82, 2.24) is 14.9 Å². The minimum atomic E-state index is -3.60. The predicted molar refractivity (Wildman–Crippen MR) is 82.1 cm³/mol. The standard InChI is InChI=1S/C14H24FN3O2S/c1-4-16-11-12-10-13(6-7-14(12)15)21(19,20)17-8-9-18(3)5-2/h6-7,10,16-17H,4-5,8-9,11H2,1-3H3. The van der Waals surface area contributed by atoms with Crippen LogP contribution in [0.3, 0.4) is 0 Å². The van der Waals surface area contributed by atoms with Crippen LogP contribution in [0.5, 0.6) is 0 Å². The minimum Gasteiger partial charge on any atom is -0.313 e. The number of rotatable bonds is 9. The maximum atomic E-state index is 13.6. The molecule has 0 bridgehead atoms. The van der Waals surface area contributed by atoms with Crippen molar-refractivity contribution in [2.45, 2.75) is 25.3 Å². The zero-order chi connectivity index (χ0) is 15.9. The number of sulfonamides is 1. The van der Waals surface area contributed by atoms with Crippen LogP contribution in [-0.4, -0.2) is 46.5 Å². The summed E-state index contributed by atoms with van der Waals surface area (Å²) in [5.74, 6) is -0.402. The maximum absolute atomic E-state index is 13.6. The average molecular weight is 317 g/mol. The van der Waals surface area contributed by atoms with Gasteiger partial charge in [0.15, 0.2) is 0 Å². The highest BCUT2D eigenvalue weighted by atomic mass is 32.2. The maximum Gasteiger partial charge on any atom is 0.240 e. The molecule has 120 valence electrons. The summed E-state index contributed by atoms with van der Waals surface area (Å²) in [4.78, 5) is 2.10. The Labute approximate surface area is 126 Å². The monoisotopic (exact) mass is 317 g/mol. The van der Waals surface area contributed by atoms with Crippen LogP contribution in [0.4, 0.5) is 4.39 Å². The van der Waals surface area contributed by atoms with Gasteiger partial charge in [-0.1, -0.05) is 13.8 Å². The Morgan fingerprint density at radius 1 is 1.29 bits per heavy atom. The van der Waals surface area contributed by atoms with Gasteiger partial charge in [0.2, 0.25) is 10.0 Å². The van der Waals surface area contributed by atoms with Gasteiger partial charge in [0.25, 0.3) is 0 Å². The third kappa shape index (κ3) is 5.70. The Morgan fingerprint density at radius 2 is 2.00 bits per heavy atom. The fourth-order valence-electron chi connectivity index (χ4n) is 1.73. The largest absolute Gasteiger partial charge is 0.313 e. The van der Waals surface area contributed by atoms with Crippen molar-refractivity contribution < 1.29 is 12.8 Å². The molecule has 0 atom stereocenters. The molecule has 0 saturated carbocycles. The molecule has 1 aromatic rings. The zero-order valence-electron chi connectivity index (χ0n) is 12.8. The molecule has 1 aromatic carbocycles. The first-order chi connectivity index (χ1) is 9.90. The molecule has 0 heterocycles. The van der Waals surface area contributed by atoms with Crippen LogP contribution >= 0.6 is 0 Å². The summed E-state index contributed by atoms with van der Waals surface area (Å²) in [7, 11) is -1.68. The van der Waals surface area contributed by atoms with E-state index in [1.807, 2.05) is 25.8 Å². The normalized spacial score (nSPS) is 12.0. The molecule has 0 aromatic heterocycles. The molecule has 7 heteroatoms. The van der Waals surface area contributed by atoms with E-state index >= 15 is 0 Å². The first-order valence-electron chi connectivity index (χ1n) is 7.08. The van der Waals surface area contributed by atoms with Crippen LogP contribution < -0.4 is 10.0 Å². The Morgan fingerprint density at radius 3 is 2.62 bits per heavy atom. The molecule has 0 radical (unpaired) electrons. The Balaban J connectivity index is 2.78. The van der Waals surface area contributed by atoms with Crippen molar-refractivity contribution >= 4 is 10.0 Å². The van der Waals surface area contributed by atoms with E-state index in [4.69, 9.17) is 0 Å². The third-order valence-electron chi connectivity index (χ3n) is 3.22. The van der Waals surface area contributed by atoms with Crippen LogP contribution in [0.25, 0.3) is 0 Å². The summed E-state index contributed by atoms with van der Waals surface area (Å²) in [5.41, 5.74) is 0.352. The van der Waals surface area contributed by atoms with Gasteiger partial charge >= 0.3 is 0 Å². The van der Waals surface area contributed by atoms with E-state index < -0.39 is 15.8 Å².